The minimum absolute atomic E-state index is 0.0950. The lowest BCUT2D eigenvalue weighted by Gasteiger charge is -2.28. The average molecular weight is 234 g/mol. The highest BCUT2D eigenvalue weighted by Crippen LogP contribution is 2.32. The normalized spacial score (nSPS) is 20.2. The second-order valence-corrected chi connectivity index (χ2v) is 4.11. The molecule has 1 fully saturated rings. The van der Waals surface area contributed by atoms with Crippen molar-refractivity contribution in [2.24, 2.45) is 0 Å². The minimum Gasteiger partial charge on any atom is -0.352 e. The number of hydrogen-bond acceptors (Lipinski definition) is 2. The molecular weight excluding hydrogens is 218 g/mol. The predicted molar refractivity (Wildman–Crippen MR) is 54.0 cm³/mol. The summed E-state index contributed by atoms with van der Waals surface area (Å²) in [5.41, 5.74) is 0. The predicted octanol–water partition coefficient (Wildman–Crippen LogP) is 0.817. The molecule has 2 amide bonds. The topological polar surface area (TPSA) is 58.2 Å². The van der Waals surface area contributed by atoms with Crippen LogP contribution in [0.1, 0.15) is 32.6 Å². The highest BCUT2D eigenvalue weighted by Gasteiger charge is 2.35. The highest BCUT2D eigenvalue weighted by atomic mass is 19.3. The molecule has 0 radical (unpaired) electrons. The quantitative estimate of drug-likeness (QED) is 0.759. The maximum atomic E-state index is 12.8. The van der Waals surface area contributed by atoms with Crippen LogP contribution >= 0.6 is 0 Å². The Kier molecular flexibility index (Phi) is 4.20. The van der Waals surface area contributed by atoms with Gasteiger partial charge in [-0.2, -0.15) is 0 Å². The molecule has 0 aliphatic heterocycles. The van der Waals surface area contributed by atoms with Crippen molar-refractivity contribution in [1.29, 1.82) is 0 Å². The Morgan fingerprint density at radius 3 is 2.38 bits per heavy atom. The van der Waals surface area contributed by atoms with Gasteiger partial charge < -0.3 is 10.6 Å². The molecule has 16 heavy (non-hydrogen) atoms. The Morgan fingerprint density at radius 2 is 1.88 bits per heavy atom. The molecule has 1 aliphatic rings. The van der Waals surface area contributed by atoms with E-state index in [4.69, 9.17) is 0 Å². The van der Waals surface area contributed by atoms with Crippen molar-refractivity contribution in [2.75, 3.05) is 6.54 Å². The number of carbonyl (C=O) groups excluding carboxylic acids is 2. The van der Waals surface area contributed by atoms with Crippen LogP contribution in [0.15, 0.2) is 0 Å². The fraction of sp³-hybridized carbons (Fsp3) is 0.800. The smallest absolute Gasteiger partial charge is 0.248 e. The van der Waals surface area contributed by atoms with Gasteiger partial charge in [-0.15, -0.1) is 0 Å². The molecule has 0 aromatic carbocycles. The second-order valence-electron chi connectivity index (χ2n) is 4.11. The van der Waals surface area contributed by atoms with Crippen molar-refractivity contribution in [3.8, 4) is 0 Å². The van der Waals surface area contributed by atoms with Gasteiger partial charge in [-0.05, 0) is 12.8 Å². The molecule has 1 aliphatic carbocycles. The molecule has 2 N–H and O–H groups in total. The summed E-state index contributed by atoms with van der Waals surface area (Å²) in [4.78, 5) is 21.8. The van der Waals surface area contributed by atoms with Gasteiger partial charge in [-0.1, -0.05) is 0 Å². The van der Waals surface area contributed by atoms with E-state index in [1.807, 2.05) is 0 Å². The van der Waals surface area contributed by atoms with E-state index in [2.05, 4.69) is 10.6 Å². The van der Waals surface area contributed by atoms with E-state index < -0.39 is 5.92 Å². The summed E-state index contributed by atoms with van der Waals surface area (Å²) >= 11 is 0. The molecule has 92 valence electrons. The van der Waals surface area contributed by atoms with E-state index in [9.17, 15) is 18.4 Å². The highest BCUT2D eigenvalue weighted by molar-refractivity contribution is 5.83. The summed E-state index contributed by atoms with van der Waals surface area (Å²) in [5, 5.41) is 4.98. The van der Waals surface area contributed by atoms with Gasteiger partial charge in [0.25, 0.3) is 0 Å². The number of alkyl halides is 2. The van der Waals surface area contributed by atoms with Crippen molar-refractivity contribution in [3.63, 3.8) is 0 Å². The molecule has 4 nitrogen and oxygen atoms in total. The summed E-state index contributed by atoms with van der Waals surface area (Å²) in [5.74, 6) is -3.20. The molecular formula is C10H16F2N2O2. The molecule has 0 aromatic rings. The van der Waals surface area contributed by atoms with E-state index >= 15 is 0 Å². The molecule has 0 atom stereocenters. The Balaban J connectivity index is 2.23. The molecule has 6 heteroatoms. The summed E-state index contributed by atoms with van der Waals surface area (Å²) in [6, 6.07) is -0.194. The second kappa shape index (κ2) is 5.23. The van der Waals surface area contributed by atoms with E-state index in [0.717, 1.165) is 0 Å². The maximum absolute atomic E-state index is 12.8. The zero-order valence-corrected chi connectivity index (χ0v) is 9.19. The van der Waals surface area contributed by atoms with Gasteiger partial charge >= 0.3 is 0 Å². The van der Waals surface area contributed by atoms with Crippen LogP contribution in [0, 0.1) is 0 Å². The van der Waals surface area contributed by atoms with E-state index in [1.165, 1.54) is 6.92 Å². The molecule has 1 rings (SSSR count). The van der Waals surface area contributed by atoms with Gasteiger partial charge in [0.15, 0.2) is 0 Å². The van der Waals surface area contributed by atoms with Crippen LogP contribution < -0.4 is 10.6 Å². The molecule has 0 aromatic heterocycles. The van der Waals surface area contributed by atoms with Crippen LogP contribution in [-0.4, -0.2) is 30.3 Å². The standard InChI is InChI=1S/C10H16F2N2O2/c1-7(15)13-6-9(16)14-8-2-4-10(11,12)5-3-8/h8H,2-6H2,1H3,(H,13,15)(H,14,16). The summed E-state index contributed by atoms with van der Waals surface area (Å²) < 4.78 is 25.6. The lowest BCUT2D eigenvalue weighted by molar-refractivity contribution is -0.126. The summed E-state index contributed by atoms with van der Waals surface area (Å²) in [6.07, 6.45) is 0.216. The van der Waals surface area contributed by atoms with Gasteiger partial charge in [0.05, 0.1) is 6.54 Å². The van der Waals surface area contributed by atoms with Crippen LogP contribution in [-0.2, 0) is 9.59 Å². The number of rotatable bonds is 3. The molecule has 0 heterocycles. The van der Waals surface area contributed by atoms with Gasteiger partial charge in [-0.25, -0.2) is 8.78 Å². The number of amides is 2. The first-order valence-electron chi connectivity index (χ1n) is 5.31. The average Bonchev–Trinajstić information content (AvgIpc) is 2.18. The molecule has 0 bridgehead atoms. The molecule has 0 unspecified atom stereocenters. The van der Waals surface area contributed by atoms with E-state index in [1.54, 1.807) is 0 Å². The van der Waals surface area contributed by atoms with Gasteiger partial charge in [0, 0.05) is 25.8 Å². The SMILES string of the molecule is CC(=O)NCC(=O)NC1CCC(F)(F)CC1. The fourth-order valence-electron chi connectivity index (χ4n) is 1.67. The molecule has 1 saturated carbocycles. The number of nitrogens with one attached hydrogen (secondary N) is 2. The van der Waals surface area contributed by atoms with Crippen LogP contribution in [0.4, 0.5) is 8.78 Å². The van der Waals surface area contributed by atoms with Gasteiger partial charge in [-0.3, -0.25) is 9.59 Å². The first-order valence-corrected chi connectivity index (χ1v) is 5.31. The van der Waals surface area contributed by atoms with Crippen LogP contribution in [0.5, 0.6) is 0 Å². The third-order valence-corrected chi connectivity index (χ3v) is 2.58. The number of halogens is 2. The Labute approximate surface area is 92.8 Å². The minimum atomic E-state index is -2.58. The molecule has 0 spiro atoms. The van der Waals surface area contributed by atoms with Gasteiger partial charge in [0.1, 0.15) is 0 Å². The van der Waals surface area contributed by atoms with E-state index in [-0.39, 0.29) is 37.2 Å². The first kappa shape index (κ1) is 12.9. The monoisotopic (exact) mass is 234 g/mol. The first-order chi connectivity index (χ1) is 7.39. The van der Waals surface area contributed by atoms with Crippen molar-refractivity contribution in [2.45, 2.75) is 44.6 Å². The fourth-order valence-corrected chi connectivity index (χ4v) is 1.67. The third-order valence-electron chi connectivity index (χ3n) is 2.58. The van der Waals surface area contributed by atoms with Gasteiger partial charge in [0.2, 0.25) is 17.7 Å². The largest absolute Gasteiger partial charge is 0.352 e. The van der Waals surface area contributed by atoms with Crippen molar-refractivity contribution >= 4 is 11.8 Å². The zero-order valence-electron chi connectivity index (χ0n) is 9.19. The number of carbonyl (C=O) groups is 2. The van der Waals surface area contributed by atoms with Crippen LogP contribution in [0.25, 0.3) is 0 Å². The Bertz CT molecular complexity index is 272. The maximum Gasteiger partial charge on any atom is 0.248 e. The number of hydrogen-bond donors (Lipinski definition) is 2. The Hall–Kier alpha value is -1.20. The van der Waals surface area contributed by atoms with Crippen LogP contribution in [0.3, 0.4) is 0 Å². The van der Waals surface area contributed by atoms with Crippen LogP contribution in [0.2, 0.25) is 0 Å². The third kappa shape index (κ3) is 4.55. The lowest BCUT2D eigenvalue weighted by atomic mass is 9.92. The molecule has 0 saturated heterocycles. The lowest BCUT2D eigenvalue weighted by Crippen LogP contribution is -2.44. The zero-order chi connectivity index (χ0) is 12.2. The van der Waals surface area contributed by atoms with Crippen molar-refractivity contribution in [3.05, 3.63) is 0 Å². The van der Waals surface area contributed by atoms with Crippen molar-refractivity contribution < 1.29 is 18.4 Å². The summed E-state index contributed by atoms with van der Waals surface area (Å²) in [7, 11) is 0. The Morgan fingerprint density at radius 1 is 1.31 bits per heavy atom. The summed E-state index contributed by atoms with van der Waals surface area (Å²) in [6.45, 7) is 1.22. The van der Waals surface area contributed by atoms with E-state index in [0.29, 0.717) is 12.8 Å². The van der Waals surface area contributed by atoms with Crippen molar-refractivity contribution in [1.82, 2.24) is 10.6 Å².